The normalized spacial score (nSPS) is 17.0. The van der Waals surface area contributed by atoms with Crippen molar-refractivity contribution in [3.05, 3.63) is 0 Å². The van der Waals surface area contributed by atoms with Crippen LogP contribution in [0.3, 0.4) is 0 Å². The van der Waals surface area contributed by atoms with Gasteiger partial charge in [-0.1, -0.05) is 0 Å². The van der Waals surface area contributed by atoms with E-state index in [0.717, 1.165) is 0 Å². The van der Waals surface area contributed by atoms with E-state index >= 15 is 0 Å². The summed E-state index contributed by atoms with van der Waals surface area (Å²) in [6.07, 6.45) is 0. The number of carbonyl (C=O) groups is 1. The molecule has 0 aliphatic heterocycles. The number of hydrogen-bond acceptors (Lipinski definition) is 2. The average Bonchev–Trinajstić information content (AvgIpc) is 1.62. The first kappa shape index (κ1) is 7.86. The Hall–Kier alpha value is -0.140. The molecule has 4 heteroatoms. The van der Waals surface area contributed by atoms with E-state index in [1.807, 2.05) is 0 Å². The number of nitrogens with two attached hydrogens (primary N) is 1. The lowest BCUT2D eigenvalue weighted by Crippen LogP contribution is -2.44. The highest BCUT2D eigenvalue weighted by Gasteiger charge is 2.19. The minimum Gasteiger partial charge on any atom is -0.357 e. The van der Waals surface area contributed by atoms with Crippen LogP contribution < -0.4 is 11.1 Å². The first-order chi connectivity index (χ1) is 3.48. The van der Waals surface area contributed by atoms with Gasteiger partial charge in [0.25, 0.3) is 0 Å². The van der Waals surface area contributed by atoms with Gasteiger partial charge in [0, 0.05) is 7.05 Å². The van der Waals surface area contributed by atoms with Gasteiger partial charge in [-0.3, -0.25) is 4.79 Å². The van der Waals surface area contributed by atoms with Gasteiger partial charge in [-0.05, 0) is 6.92 Å². The zero-order valence-corrected chi connectivity index (χ0v) is 6.22. The monoisotopic (exact) mass is 134 g/mol. The van der Waals surface area contributed by atoms with Crippen LogP contribution in [0.5, 0.6) is 0 Å². The predicted octanol–water partition coefficient (Wildman–Crippen LogP) is -0.718. The molecule has 0 radical (unpaired) electrons. The van der Waals surface area contributed by atoms with Crippen LogP contribution in [0.15, 0.2) is 0 Å². The summed E-state index contributed by atoms with van der Waals surface area (Å²) in [5.41, 5.74) is 5.34. The third-order valence-electron chi connectivity index (χ3n) is 0.716. The Morgan fingerprint density at radius 3 is 2.25 bits per heavy atom. The Morgan fingerprint density at radius 1 is 1.88 bits per heavy atom. The second-order valence-corrected chi connectivity index (χ2v) is 3.06. The lowest BCUT2D eigenvalue weighted by Gasteiger charge is -2.14. The molecule has 0 bridgehead atoms. The Balaban J connectivity index is 3.82. The molecule has 0 aliphatic carbocycles. The molecule has 0 spiro atoms. The van der Waals surface area contributed by atoms with Gasteiger partial charge in [0.1, 0.15) is 5.28 Å². The number of hydrogen-bond donors (Lipinski definition) is 2. The summed E-state index contributed by atoms with van der Waals surface area (Å²) >= 11 is 0. The molecule has 3 nitrogen and oxygen atoms in total. The zero-order valence-electron chi connectivity index (χ0n) is 5.06. The smallest absolute Gasteiger partial charge is 0.243 e. The molecule has 0 heterocycles. The number of likely N-dealkylation sites (N-methyl/N-ethyl adjacent to an activating group) is 1. The maximum absolute atomic E-state index is 10.6. The minimum absolute atomic E-state index is 0.178. The third-order valence-corrected chi connectivity index (χ3v) is 0.979. The van der Waals surface area contributed by atoms with Gasteiger partial charge in [0.2, 0.25) is 5.91 Å². The van der Waals surface area contributed by atoms with Crippen LogP contribution in [0.4, 0.5) is 0 Å². The summed E-state index contributed by atoms with van der Waals surface area (Å²) < 4.78 is 0. The molecule has 48 valence electrons. The molecule has 2 atom stereocenters. The molecule has 0 fully saturated rings. The summed E-state index contributed by atoms with van der Waals surface area (Å²) in [5, 5.41) is 1.60. The van der Waals surface area contributed by atoms with E-state index in [1.165, 1.54) is 0 Å². The maximum Gasteiger partial charge on any atom is 0.243 e. The van der Waals surface area contributed by atoms with Crippen LogP contribution >= 0.6 is 9.24 Å². The van der Waals surface area contributed by atoms with Crippen molar-refractivity contribution in [2.24, 2.45) is 5.73 Å². The molecular formula is C4H11N2OP. The summed E-state index contributed by atoms with van der Waals surface area (Å²) in [5.74, 6) is -0.178. The van der Waals surface area contributed by atoms with Crippen LogP contribution in [-0.2, 0) is 4.79 Å². The zero-order chi connectivity index (χ0) is 6.78. The highest BCUT2D eigenvalue weighted by Crippen LogP contribution is 2.07. The first-order valence-corrected chi connectivity index (χ1v) is 2.86. The number of rotatable bonds is 1. The molecular weight excluding hydrogens is 123 g/mol. The predicted molar refractivity (Wildman–Crippen MR) is 36.4 cm³/mol. The van der Waals surface area contributed by atoms with Crippen LogP contribution in [0.1, 0.15) is 6.92 Å². The summed E-state index contributed by atoms with van der Waals surface area (Å²) in [6, 6.07) is 0. The minimum atomic E-state index is -0.825. The molecule has 0 aromatic heterocycles. The number of amides is 1. The van der Waals surface area contributed by atoms with Gasteiger partial charge < -0.3 is 11.1 Å². The quantitative estimate of drug-likeness (QED) is 0.465. The fourth-order valence-corrected chi connectivity index (χ4v) is 0.414. The van der Waals surface area contributed by atoms with Crippen LogP contribution in [0.2, 0.25) is 0 Å². The van der Waals surface area contributed by atoms with E-state index < -0.39 is 5.28 Å². The van der Waals surface area contributed by atoms with Crippen molar-refractivity contribution >= 4 is 15.1 Å². The molecule has 1 amide bonds. The topological polar surface area (TPSA) is 55.1 Å². The summed E-state index contributed by atoms with van der Waals surface area (Å²) in [4.78, 5) is 10.6. The second kappa shape index (κ2) is 2.42. The van der Waals surface area contributed by atoms with E-state index in [2.05, 4.69) is 14.6 Å². The van der Waals surface area contributed by atoms with Crippen LogP contribution in [0.25, 0.3) is 0 Å². The Kier molecular flexibility index (Phi) is 2.38. The van der Waals surface area contributed by atoms with Crippen molar-refractivity contribution in [1.82, 2.24) is 5.32 Å². The largest absolute Gasteiger partial charge is 0.357 e. The molecule has 0 saturated heterocycles. The Bertz CT molecular complexity index is 96.7. The van der Waals surface area contributed by atoms with Gasteiger partial charge in [0.15, 0.2) is 0 Å². The van der Waals surface area contributed by atoms with Crippen molar-refractivity contribution in [1.29, 1.82) is 0 Å². The molecule has 2 unspecified atom stereocenters. The van der Waals surface area contributed by atoms with Gasteiger partial charge in [-0.25, -0.2) is 0 Å². The average molecular weight is 134 g/mol. The lowest BCUT2D eigenvalue weighted by atomic mass is 10.3. The third kappa shape index (κ3) is 2.24. The second-order valence-electron chi connectivity index (χ2n) is 1.86. The fraction of sp³-hybridized carbons (Fsp3) is 0.750. The van der Waals surface area contributed by atoms with Crippen molar-refractivity contribution < 1.29 is 4.79 Å². The molecule has 0 aromatic carbocycles. The first-order valence-electron chi connectivity index (χ1n) is 2.28. The SMILES string of the molecule is CNC(=O)C(C)(N)P. The van der Waals surface area contributed by atoms with Crippen molar-refractivity contribution in [2.45, 2.75) is 12.2 Å². The van der Waals surface area contributed by atoms with E-state index in [0.29, 0.717) is 0 Å². The standard InChI is InChI=1S/C4H11N2OP/c1-4(5,8)3(7)6-2/h5,8H2,1-2H3,(H,6,7). The van der Waals surface area contributed by atoms with Crippen molar-refractivity contribution in [3.63, 3.8) is 0 Å². The van der Waals surface area contributed by atoms with Crippen LogP contribution in [0, 0.1) is 0 Å². The van der Waals surface area contributed by atoms with E-state index in [-0.39, 0.29) is 5.91 Å². The molecule has 0 rings (SSSR count). The maximum atomic E-state index is 10.6. The summed E-state index contributed by atoms with van der Waals surface area (Å²) in [6.45, 7) is 1.62. The molecule has 0 saturated carbocycles. The highest BCUT2D eigenvalue weighted by atomic mass is 31.0. The number of nitrogens with one attached hydrogen (secondary N) is 1. The molecule has 0 aromatic rings. The van der Waals surface area contributed by atoms with Gasteiger partial charge in [-0.15, -0.1) is 9.24 Å². The number of carbonyl (C=O) groups excluding carboxylic acids is 1. The Labute approximate surface area is 51.2 Å². The summed E-state index contributed by atoms with van der Waals surface area (Å²) in [7, 11) is 3.79. The van der Waals surface area contributed by atoms with Gasteiger partial charge in [0.05, 0.1) is 0 Å². The molecule has 0 aliphatic rings. The molecule has 8 heavy (non-hydrogen) atoms. The Morgan fingerprint density at radius 2 is 2.25 bits per heavy atom. The van der Waals surface area contributed by atoms with E-state index in [4.69, 9.17) is 5.73 Å². The van der Waals surface area contributed by atoms with E-state index in [1.54, 1.807) is 14.0 Å². The lowest BCUT2D eigenvalue weighted by molar-refractivity contribution is -0.122. The van der Waals surface area contributed by atoms with Gasteiger partial charge >= 0.3 is 0 Å². The van der Waals surface area contributed by atoms with Crippen LogP contribution in [-0.4, -0.2) is 18.2 Å². The highest BCUT2D eigenvalue weighted by molar-refractivity contribution is 7.20. The fourth-order valence-electron chi connectivity index (χ4n) is 0.269. The molecule has 3 N–H and O–H groups in total. The van der Waals surface area contributed by atoms with E-state index in [9.17, 15) is 4.79 Å². The van der Waals surface area contributed by atoms with Gasteiger partial charge in [-0.2, -0.15) is 0 Å². The van der Waals surface area contributed by atoms with Crippen molar-refractivity contribution in [2.75, 3.05) is 7.05 Å². The van der Waals surface area contributed by atoms with Crippen molar-refractivity contribution in [3.8, 4) is 0 Å².